The molecule has 0 bridgehead atoms. The number of halogens is 3. The van der Waals surface area contributed by atoms with E-state index in [1.165, 1.54) is 26.4 Å². The average Bonchev–Trinajstić information content (AvgIpc) is 2.61. The molecule has 0 atom stereocenters. The Morgan fingerprint density at radius 2 is 1.56 bits per heavy atom. The van der Waals surface area contributed by atoms with Crippen molar-refractivity contribution >= 4 is 27.7 Å². The summed E-state index contributed by atoms with van der Waals surface area (Å²) in [6.07, 6.45) is 0. The van der Waals surface area contributed by atoms with Crippen LogP contribution in [-0.4, -0.2) is 32.6 Å². The maximum absolute atomic E-state index is 13.1. The molecule has 0 aliphatic carbocycles. The Balaban J connectivity index is 2.12. The molecule has 2 aromatic rings. The molecule has 132 valence electrons. The third-order valence-corrected chi connectivity index (χ3v) is 4.04. The number of ketones is 1. The topological polar surface area (TPSA) is 61.8 Å². The molecule has 0 fully saturated rings. The summed E-state index contributed by atoms with van der Waals surface area (Å²) in [6, 6.07) is 5.51. The van der Waals surface area contributed by atoms with E-state index in [1.807, 2.05) is 0 Å². The van der Waals surface area contributed by atoms with E-state index in [1.54, 1.807) is 0 Å². The zero-order chi connectivity index (χ0) is 18.6. The predicted molar refractivity (Wildman–Crippen MR) is 88.2 cm³/mol. The molecule has 25 heavy (non-hydrogen) atoms. The van der Waals surface area contributed by atoms with Gasteiger partial charge in [-0.3, -0.25) is 4.79 Å². The Hall–Kier alpha value is -2.48. The van der Waals surface area contributed by atoms with Crippen LogP contribution in [0, 0.1) is 11.6 Å². The van der Waals surface area contributed by atoms with Crippen molar-refractivity contribution in [3.63, 3.8) is 0 Å². The number of methoxy groups -OCH3 is 2. The van der Waals surface area contributed by atoms with Gasteiger partial charge in [0, 0.05) is 5.56 Å². The monoisotopic (exact) mass is 414 g/mol. The fourth-order valence-electron chi connectivity index (χ4n) is 1.95. The molecule has 8 heteroatoms. The lowest BCUT2D eigenvalue weighted by atomic mass is 10.1. The number of carbonyl (C=O) groups is 2. The largest absolute Gasteiger partial charge is 0.495 e. The minimum atomic E-state index is -1.15. The molecule has 0 aromatic heterocycles. The number of hydrogen-bond acceptors (Lipinski definition) is 5. The van der Waals surface area contributed by atoms with Gasteiger partial charge in [0.25, 0.3) is 0 Å². The number of Topliss-reactive ketones (excluding diaryl/α,β-unsaturated/α-hetero) is 1. The molecule has 2 rings (SSSR count). The first-order valence-electron chi connectivity index (χ1n) is 6.94. The van der Waals surface area contributed by atoms with Crippen molar-refractivity contribution in [1.29, 1.82) is 0 Å². The molecule has 0 aliphatic rings. The van der Waals surface area contributed by atoms with E-state index in [2.05, 4.69) is 15.9 Å². The summed E-state index contributed by atoms with van der Waals surface area (Å²) in [5, 5.41) is 0. The summed E-state index contributed by atoms with van der Waals surface area (Å²) in [5.74, 6) is -2.98. The molecular weight excluding hydrogens is 402 g/mol. The van der Waals surface area contributed by atoms with Crippen molar-refractivity contribution in [1.82, 2.24) is 0 Å². The molecule has 5 nitrogen and oxygen atoms in total. The fourth-order valence-corrected chi connectivity index (χ4v) is 2.51. The standard InChI is InChI=1S/C17H13BrF2O5/c1-23-14-6-10(7-15(24-2)16(14)18)17(22)25-8-13(21)9-3-4-11(19)12(20)5-9/h3-7H,8H2,1-2H3. The van der Waals surface area contributed by atoms with Crippen LogP contribution >= 0.6 is 15.9 Å². The first kappa shape index (κ1) is 18.9. The zero-order valence-electron chi connectivity index (χ0n) is 13.3. The molecule has 0 saturated heterocycles. The smallest absolute Gasteiger partial charge is 0.338 e. The van der Waals surface area contributed by atoms with Gasteiger partial charge in [0.05, 0.1) is 19.8 Å². The van der Waals surface area contributed by atoms with Gasteiger partial charge < -0.3 is 14.2 Å². The average molecular weight is 415 g/mol. The second-order valence-corrected chi connectivity index (χ2v) is 5.62. The first-order chi connectivity index (χ1) is 11.9. The van der Waals surface area contributed by atoms with E-state index in [4.69, 9.17) is 14.2 Å². The first-order valence-corrected chi connectivity index (χ1v) is 7.73. The van der Waals surface area contributed by atoms with Crippen LogP contribution in [0.4, 0.5) is 8.78 Å². The van der Waals surface area contributed by atoms with Gasteiger partial charge in [-0.25, -0.2) is 13.6 Å². The summed E-state index contributed by atoms with van der Waals surface area (Å²) in [6.45, 7) is -0.620. The third-order valence-electron chi connectivity index (χ3n) is 3.26. The van der Waals surface area contributed by atoms with E-state index < -0.39 is 30.0 Å². The number of hydrogen-bond donors (Lipinski definition) is 0. The lowest BCUT2D eigenvalue weighted by Gasteiger charge is -2.11. The Labute approximate surface area is 150 Å². The Kier molecular flexibility index (Phi) is 6.08. The fraction of sp³-hybridized carbons (Fsp3) is 0.176. The van der Waals surface area contributed by atoms with Crippen molar-refractivity contribution in [3.05, 3.63) is 57.6 Å². The highest BCUT2D eigenvalue weighted by molar-refractivity contribution is 9.10. The summed E-state index contributed by atoms with van der Waals surface area (Å²) in [7, 11) is 2.84. The van der Waals surface area contributed by atoms with Crippen LogP contribution in [0.1, 0.15) is 20.7 Å². The molecule has 2 aromatic carbocycles. The number of esters is 1. The van der Waals surface area contributed by atoms with Gasteiger partial charge in [0.1, 0.15) is 16.0 Å². The van der Waals surface area contributed by atoms with Crippen LogP contribution < -0.4 is 9.47 Å². The van der Waals surface area contributed by atoms with Crippen molar-refractivity contribution in [2.75, 3.05) is 20.8 Å². The van der Waals surface area contributed by atoms with E-state index in [0.717, 1.165) is 18.2 Å². The maximum atomic E-state index is 13.1. The molecule has 0 spiro atoms. The highest BCUT2D eigenvalue weighted by Gasteiger charge is 2.17. The Morgan fingerprint density at radius 3 is 2.08 bits per heavy atom. The summed E-state index contributed by atoms with van der Waals surface area (Å²) >= 11 is 3.27. The Bertz CT molecular complexity index is 798. The minimum absolute atomic E-state index is 0.0994. The van der Waals surface area contributed by atoms with Crippen LogP contribution in [0.2, 0.25) is 0 Å². The van der Waals surface area contributed by atoms with Gasteiger partial charge in [-0.2, -0.15) is 0 Å². The molecular formula is C17H13BrF2O5. The Morgan fingerprint density at radius 1 is 0.960 bits per heavy atom. The minimum Gasteiger partial charge on any atom is -0.495 e. The van der Waals surface area contributed by atoms with E-state index in [-0.39, 0.29) is 11.1 Å². The van der Waals surface area contributed by atoms with Gasteiger partial charge in [-0.05, 0) is 46.3 Å². The molecule has 0 amide bonds. The van der Waals surface area contributed by atoms with E-state index in [0.29, 0.717) is 16.0 Å². The normalized spacial score (nSPS) is 10.3. The van der Waals surface area contributed by atoms with Crippen LogP contribution in [-0.2, 0) is 4.74 Å². The summed E-state index contributed by atoms with van der Waals surface area (Å²) in [4.78, 5) is 24.0. The molecule has 0 saturated carbocycles. The van der Waals surface area contributed by atoms with Gasteiger partial charge in [0.2, 0.25) is 0 Å². The van der Waals surface area contributed by atoms with Crippen molar-refractivity contribution in [2.45, 2.75) is 0 Å². The lowest BCUT2D eigenvalue weighted by molar-refractivity contribution is 0.0474. The van der Waals surface area contributed by atoms with Gasteiger partial charge >= 0.3 is 5.97 Å². The van der Waals surface area contributed by atoms with Gasteiger partial charge in [-0.1, -0.05) is 0 Å². The molecule has 0 N–H and O–H groups in total. The molecule has 0 heterocycles. The quantitative estimate of drug-likeness (QED) is 0.531. The highest BCUT2D eigenvalue weighted by Crippen LogP contribution is 2.35. The second kappa shape index (κ2) is 8.06. The number of benzene rings is 2. The van der Waals surface area contributed by atoms with Crippen LogP contribution in [0.25, 0.3) is 0 Å². The van der Waals surface area contributed by atoms with Gasteiger partial charge in [0.15, 0.2) is 24.0 Å². The second-order valence-electron chi connectivity index (χ2n) is 4.82. The van der Waals surface area contributed by atoms with Crippen LogP contribution in [0.3, 0.4) is 0 Å². The van der Waals surface area contributed by atoms with E-state index in [9.17, 15) is 18.4 Å². The molecule has 0 unspecified atom stereocenters. The van der Waals surface area contributed by atoms with Crippen LogP contribution in [0.15, 0.2) is 34.8 Å². The van der Waals surface area contributed by atoms with Crippen molar-refractivity contribution in [2.24, 2.45) is 0 Å². The molecule has 0 radical (unpaired) electrons. The lowest BCUT2D eigenvalue weighted by Crippen LogP contribution is -2.15. The molecule has 0 aliphatic heterocycles. The predicted octanol–water partition coefficient (Wildman–Crippen LogP) is 3.78. The van der Waals surface area contributed by atoms with Crippen molar-refractivity contribution < 1.29 is 32.6 Å². The van der Waals surface area contributed by atoms with Crippen molar-refractivity contribution in [3.8, 4) is 11.5 Å². The van der Waals surface area contributed by atoms with Crippen LogP contribution in [0.5, 0.6) is 11.5 Å². The highest BCUT2D eigenvalue weighted by atomic mass is 79.9. The number of carbonyl (C=O) groups excluding carboxylic acids is 2. The number of ether oxygens (including phenoxy) is 3. The summed E-state index contributed by atoms with van der Waals surface area (Å²) < 4.78 is 41.7. The van der Waals surface area contributed by atoms with E-state index >= 15 is 0 Å². The third kappa shape index (κ3) is 4.33. The number of rotatable bonds is 6. The van der Waals surface area contributed by atoms with Gasteiger partial charge in [-0.15, -0.1) is 0 Å². The zero-order valence-corrected chi connectivity index (χ0v) is 14.9. The SMILES string of the molecule is COc1cc(C(=O)OCC(=O)c2ccc(F)c(F)c2)cc(OC)c1Br. The maximum Gasteiger partial charge on any atom is 0.338 e. The summed E-state index contributed by atoms with van der Waals surface area (Å²) in [5.41, 5.74) is 0.00709.